The Bertz CT molecular complexity index is 1100. The number of hydrogen-bond acceptors (Lipinski definition) is 5. The number of hydrogen-bond donors (Lipinski definition) is 1. The van der Waals surface area contributed by atoms with Crippen LogP contribution in [0.4, 0.5) is 5.88 Å². The summed E-state index contributed by atoms with van der Waals surface area (Å²) in [6.07, 6.45) is 3.61. The van der Waals surface area contributed by atoms with E-state index in [2.05, 4.69) is 10.1 Å². The third-order valence-electron chi connectivity index (χ3n) is 5.27. The molecule has 0 bridgehead atoms. The highest BCUT2D eigenvalue weighted by atomic mass is 16.5. The third kappa shape index (κ3) is 5.06. The Morgan fingerprint density at radius 2 is 1.84 bits per heavy atom. The topological polar surface area (TPSA) is 102 Å². The first-order chi connectivity index (χ1) is 15.1. The van der Waals surface area contributed by atoms with Gasteiger partial charge in [-0.05, 0) is 37.3 Å². The second-order valence-electron chi connectivity index (χ2n) is 7.52. The van der Waals surface area contributed by atoms with Crippen molar-refractivity contribution in [2.24, 2.45) is 10.7 Å². The van der Waals surface area contributed by atoms with Gasteiger partial charge in [-0.2, -0.15) is 4.99 Å². The lowest BCUT2D eigenvalue weighted by Gasteiger charge is -2.25. The molecular weight excluding hydrogens is 392 g/mol. The summed E-state index contributed by atoms with van der Waals surface area (Å²) in [4.78, 5) is 30.3. The predicted octanol–water partition coefficient (Wildman–Crippen LogP) is 3.65. The summed E-state index contributed by atoms with van der Waals surface area (Å²) in [6.45, 7) is 0.577. The van der Waals surface area contributed by atoms with Crippen molar-refractivity contribution in [2.45, 2.75) is 32.1 Å². The number of piperidine rings is 1. The van der Waals surface area contributed by atoms with Gasteiger partial charge in [-0.3, -0.25) is 14.5 Å². The standard InChI is InChI=1S/C24H24N4O3/c25-24(28-14-5-4-11-22(28)29)26-21-16-20(27-31-21)13-12-17-7-6-10-19(15-17)23(30)18-8-2-1-3-9-18/h1-3,6-10,15-16H,4-5,11-14H2,(H2,25,26). The van der Waals surface area contributed by atoms with E-state index in [1.54, 1.807) is 6.07 Å². The number of rotatable bonds is 6. The minimum absolute atomic E-state index is 0.00300. The summed E-state index contributed by atoms with van der Waals surface area (Å²) in [5.74, 6) is 0.402. The van der Waals surface area contributed by atoms with Crippen LogP contribution in [0.1, 0.15) is 46.4 Å². The monoisotopic (exact) mass is 416 g/mol. The molecule has 2 aromatic carbocycles. The Labute approximate surface area is 180 Å². The van der Waals surface area contributed by atoms with Crippen LogP contribution in [-0.4, -0.2) is 34.3 Å². The van der Waals surface area contributed by atoms with Crippen LogP contribution in [0, 0.1) is 0 Å². The number of nitrogens with two attached hydrogens (primary N) is 1. The molecule has 7 nitrogen and oxygen atoms in total. The number of carbonyl (C=O) groups is 2. The minimum Gasteiger partial charge on any atom is -0.369 e. The highest BCUT2D eigenvalue weighted by Gasteiger charge is 2.21. The number of nitrogens with zero attached hydrogens (tertiary/aromatic N) is 3. The van der Waals surface area contributed by atoms with Crippen molar-refractivity contribution in [2.75, 3.05) is 6.54 Å². The zero-order valence-corrected chi connectivity index (χ0v) is 17.2. The number of guanidine groups is 1. The summed E-state index contributed by atoms with van der Waals surface area (Å²) in [5.41, 5.74) is 9.07. The van der Waals surface area contributed by atoms with Gasteiger partial charge in [0.15, 0.2) is 5.78 Å². The number of aromatic nitrogens is 1. The van der Waals surface area contributed by atoms with Gasteiger partial charge >= 0.3 is 0 Å². The van der Waals surface area contributed by atoms with Gasteiger partial charge in [0, 0.05) is 30.2 Å². The maximum absolute atomic E-state index is 12.7. The number of likely N-dealkylation sites (tertiary alicyclic amines) is 1. The lowest BCUT2D eigenvalue weighted by atomic mass is 9.99. The smallest absolute Gasteiger partial charge is 0.253 e. The van der Waals surface area contributed by atoms with E-state index in [-0.39, 0.29) is 23.5 Å². The van der Waals surface area contributed by atoms with Crippen LogP contribution in [0.25, 0.3) is 0 Å². The van der Waals surface area contributed by atoms with E-state index in [4.69, 9.17) is 10.3 Å². The number of aliphatic imine (C=N–C) groups is 1. The molecule has 2 N–H and O–H groups in total. The molecule has 1 aromatic heterocycles. The number of aryl methyl sites for hydroxylation is 2. The van der Waals surface area contributed by atoms with Crippen LogP contribution >= 0.6 is 0 Å². The summed E-state index contributed by atoms with van der Waals surface area (Å²) >= 11 is 0. The number of benzene rings is 2. The molecule has 2 heterocycles. The minimum atomic E-state index is -0.0165. The highest BCUT2D eigenvalue weighted by molar-refractivity contribution is 6.09. The normalized spacial score (nSPS) is 14.6. The number of carbonyl (C=O) groups excluding carboxylic acids is 2. The molecule has 1 fully saturated rings. The average Bonchev–Trinajstić information content (AvgIpc) is 3.25. The molecule has 1 aliphatic heterocycles. The van der Waals surface area contributed by atoms with Crippen LogP contribution in [-0.2, 0) is 17.6 Å². The molecule has 0 unspecified atom stereocenters. The maximum Gasteiger partial charge on any atom is 0.253 e. The summed E-state index contributed by atoms with van der Waals surface area (Å²) in [6, 6.07) is 18.6. The molecule has 1 amide bonds. The molecule has 7 heteroatoms. The molecule has 1 aliphatic rings. The van der Waals surface area contributed by atoms with Gasteiger partial charge in [0.05, 0.1) is 5.69 Å². The first-order valence-electron chi connectivity index (χ1n) is 10.4. The highest BCUT2D eigenvalue weighted by Crippen LogP contribution is 2.18. The molecule has 1 saturated heterocycles. The van der Waals surface area contributed by atoms with E-state index in [9.17, 15) is 9.59 Å². The lowest BCUT2D eigenvalue weighted by molar-refractivity contribution is -0.129. The SMILES string of the molecule is NC(=Nc1cc(CCc2cccc(C(=O)c3ccccc3)c2)no1)N1CCCCC1=O. The average molecular weight is 416 g/mol. The fraction of sp³-hybridized carbons (Fsp3) is 0.250. The quantitative estimate of drug-likeness (QED) is 0.375. The van der Waals surface area contributed by atoms with Crippen LogP contribution in [0.3, 0.4) is 0 Å². The van der Waals surface area contributed by atoms with Gasteiger partial charge < -0.3 is 10.3 Å². The van der Waals surface area contributed by atoms with E-state index in [0.29, 0.717) is 36.9 Å². The zero-order chi connectivity index (χ0) is 21.6. The number of ketones is 1. The molecule has 0 atom stereocenters. The Balaban J connectivity index is 1.39. The Morgan fingerprint density at radius 1 is 1.03 bits per heavy atom. The fourth-order valence-electron chi connectivity index (χ4n) is 3.59. The van der Waals surface area contributed by atoms with Gasteiger partial charge in [-0.25, -0.2) is 0 Å². The summed E-state index contributed by atoms with van der Waals surface area (Å²) < 4.78 is 5.26. The predicted molar refractivity (Wildman–Crippen MR) is 117 cm³/mol. The van der Waals surface area contributed by atoms with Crippen LogP contribution in [0.5, 0.6) is 0 Å². The second-order valence-corrected chi connectivity index (χ2v) is 7.52. The summed E-state index contributed by atoms with van der Waals surface area (Å²) in [7, 11) is 0. The molecule has 0 aliphatic carbocycles. The van der Waals surface area contributed by atoms with E-state index in [1.165, 1.54) is 4.90 Å². The largest absolute Gasteiger partial charge is 0.369 e. The lowest BCUT2D eigenvalue weighted by Crippen LogP contribution is -2.44. The van der Waals surface area contributed by atoms with Gasteiger partial charge in [0.1, 0.15) is 0 Å². The molecule has 0 spiro atoms. The van der Waals surface area contributed by atoms with Crippen molar-refractivity contribution in [3.63, 3.8) is 0 Å². The van der Waals surface area contributed by atoms with Crippen molar-refractivity contribution in [3.8, 4) is 0 Å². The Kier molecular flexibility index (Phi) is 6.21. The number of amides is 1. The van der Waals surface area contributed by atoms with Crippen molar-refractivity contribution in [3.05, 3.63) is 83.0 Å². The first-order valence-corrected chi connectivity index (χ1v) is 10.4. The Morgan fingerprint density at radius 3 is 2.65 bits per heavy atom. The molecule has 4 rings (SSSR count). The molecule has 0 saturated carbocycles. The van der Waals surface area contributed by atoms with E-state index in [1.807, 2.05) is 54.6 Å². The van der Waals surface area contributed by atoms with E-state index in [0.717, 1.165) is 24.1 Å². The van der Waals surface area contributed by atoms with E-state index < -0.39 is 0 Å². The molecule has 3 aromatic rings. The molecular formula is C24H24N4O3. The van der Waals surface area contributed by atoms with Gasteiger partial charge in [-0.1, -0.05) is 53.7 Å². The summed E-state index contributed by atoms with van der Waals surface area (Å²) in [5, 5.41) is 4.05. The van der Waals surface area contributed by atoms with Crippen LogP contribution in [0.15, 0.2) is 70.2 Å². The van der Waals surface area contributed by atoms with Crippen molar-refractivity contribution < 1.29 is 14.1 Å². The van der Waals surface area contributed by atoms with Gasteiger partial charge in [0.2, 0.25) is 11.9 Å². The van der Waals surface area contributed by atoms with Gasteiger partial charge in [0.25, 0.3) is 5.88 Å². The maximum atomic E-state index is 12.7. The van der Waals surface area contributed by atoms with Crippen molar-refractivity contribution in [1.82, 2.24) is 10.1 Å². The van der Waals surface area contributed by atoms with Gasteiger partial charge in [-0.15, -0.1) is 0 Å². The third-order valence-corrected chi connectivity index (χ3v) is 5.27. The zero-order valence-electron chi connectivity index (χ0n) is 17.2. The molecule has 31 heavy (non-hydrogen) atoms. The van der Waals surface area contributed by atoms with E-state index >= 15 is 0 Å². The fourth-order valence-corrected chi connectivity index (χ4v) is 3.59. The van der Waals surface area contributed by atoms with Crippen LogP contribution in [0.2, 0.25) is 0 Å². The van der Waals surface area contributed by atoms with Crippen molar-refractivity contribution in [1.29, 1.82) is 0 Å². The van der Waals surface area contributed by atoms with Crippen LogP contribution < -0.4 is 5.73 Å². The molecule has 158 valence electrons. The second kappa shape index (κ2) is 9.38. The van der Waals surface area contributed by atoms with Crippen molar-refractivity contribution >= 4 is 23.5 Å². The first kappa shape index (κ1) is 20.5. The molecule has 0 radical (unpaired) electrons. The Hall–Kier alpha value is -3.74.